The Bertz CT molecular complexity index is 1190. The van der Waals surface area contributed by atoms with Gasteiger partial charge in [0.25, 0.3) is 0 Å². The lowest BCUT2D eigenvalue weighted by atomic mass is 9.88. The van der Waals surface area contributed by atoms with Crippen molar-refractivity contribution in [2.45, 2.75) is 44.1 Å². The largest absolute Gasteiger partial charge is 0.488 e. The van der Waals surface area contributed by atoms with Crippen LogP contribution in [-0.2, 0) is 4.74 Å². The van der Waals surface area contributed by atoms with Gasteiger partial charge in [0, 0.05) is 42.3 Å². The predicted molar refractivity (Wildman–Crippen MR) is 158 cm³/mol. The number of rotatable bonds is 9. The number of hydrogen-bond donors (Lipinski definition) is 3. The zero-order valence-corrected chi connectivity index (χ0v) is 23.9. The fourth-order valence-corrected chi connectivity index (χ4v) is 4.77. The third-order valence-corrected chi connectivity index (χ3v) is 7.00. The molecule has 0 aromatic heterocycles. The molecule has 0 spiro atoms. The zero-order chi connectivity index (χ0) is 29.5. The van der Waals surface area contributed by atoms with Crippen molar-refractivity contribution < 1.29 is 23.0 Å². The molecule has 0 radical (unpaired) electrons. The van der Waals surface area contributed by atoms with Gasteiger partial charge < -0.3 is 26.7 Å². The number of methoxy groups -OCH3 is 1. The van der Waals surface area contributed by atoms with Gasteiger partial charge in [-0.2, -0.15) is 0 Å². The molecule has 1 unspecified atom stereocenters. The molecular formula is C31H40ClF2N3O3. The molecule has 1 aliphatic carbocycles. The summed E-state index contributed by atoms with van der Waals surface area (Å²) in [6.45, 7) is 0.566. The molecule has 1 saturated carbocycles. The van der Waals surface area contributed by atoms with E-state index in [4.69, 9.17) is 32.5 Å². The number of carbonyl (C=O) groups excluding carboxylic acids is 1. The van der Waals surface area contributed by atoms with Gasteiger partial charge in [0.05, 0.1) is 11.6 Å². The second-order valence-electron chi connectivity index (χ2n) is 9.26. The Morgan fingerprint density at radius 3 is 2.23 bits per heavy atom. The first-order valence-electron chi connectivity index (χ1n) is 13.4. The predicted octanol–water partition coefficient (Wildman–Crippen LogP) is 6.07. The molecule has 1 atom stereocenters. The van der Waals surface area contributed by atoms with E-state index in [0.29, 0.717) is 17.9 Å². The van der Waals surface area contributed by atoms with Crippen LogP contribution in [0.25, 0.3) is 11.1 Å². The topological polar surface area (TPSA) is 114 Å². The van der Waals surface area contributed by atoms with Crippen LogP contribution in [0.3, 0.4) is 0 Å². The summed E-state index contributed by atoms with van der Waals surface area (Å²) in [6.07, 6.45) is 7.16. The molecule has 0 aliphatic heterocycles. The molecule has 6 N–H and O–H groups in total. The molecule has 1 aliphatic rings. The zero-order valence-electron chi connectivity index (χ0n) is 23.2. The van der Waals surface area contributed by atoms with E-state index in [1.807, 2.05) is 30.3 Å². The Morgan fingerprint density at radius 1 is 1.00 bits per heavy atom. The summed E-state index contributed by atoms with van der Waals surface area (Å²) in [6, 6.07) is 15.5. The van der Waals surface area contributed by atoms with Crippen molar-refractivity contribution in [1.29, 1.82) is 0 Å². The Balaban J connectivity index is 0.000000534. The molecule has 0 amide bonds. The van der Waals surface area contributed by atoms with Crippen LogP contribution in [0.2, 0.25) is 5.02 Å². The van der Waals surface area contributed by atoms with E-state index >= 15 is 4.39 Å². The minimum absolute atomic E-state index is 0.0269. The summed E-state index contributed by atoms with van der Waals surface area (Å²) in [7, 11) is 3.00. The minimum Gasteiger partial charge on any atom is -0.488 e. The SMILES string of the molecule is CN.COCCOc1ccc(C=O)c(-c2cc(C(CN)c3ccccc3)cc(F)c2Cl)c1F.NC1CCCCC1. The summed E-state index contributed by atoms with van der Waals surface area (Å²) in [5.41, 5.74) is 17.5. The summed E-state index contributed by atoms with van der Waals surface area (Å²) < 4.78 is 40.5. The number of ether oxygens (including phenoxy) is 2. The van der Waals surface area contributed by atoms with E-state index in [9.17, 15) is 9.18 Å². The highest BCUT2D eigenvalue weighted by Gasteiger charge is 2.23. The minimum atomic E-state index is -0.803. The molecule has 3 aromatic carbocycles. The lowest BCUT2D eigenvalue weighted by molar-refractivity contribution is 0.112. The smallest absolute Gasteiger partial charge is 0.173 e. The molecule has 1 fully saturated rings. The average Bonchev–Trinajstić information content (AvgIpc) is 2.98. The maximum atomic E-state index is 15.4. The van der Waals surface area contributed by atoms with E-state index in [1.165, 1.54) is 64.5 Å². The molecule has 6 nitrogen and oxygen atoms in total. The van der Waals surface area contributed by atoms with Crippen molar-refractivity contribution in [3.8, 4) is 16.9 Å². The molecule has 0 saturated heterocycles. The van der Waals surface area contributed by atoms with Gasteiger partial charge in [-0.05, 0) is 55.3 Å². The maximum Gasteiger partial charge on any atom is 0.173 e. The van der Waals surface area contributed by atoms with Crippen LogP contribution in [0.15, 0.2) is 54.6 Å². The number of aldehydes is 1. The van der Waals surface area contributed by atoms with Crippen LogP contribution >= 0.6 is 11.6 Å². The Kier molecular flexibility index (Phi) is 14.8. The van der Waals surface area contributed by atoms with Crippen LogP contribution in [0, 0.1) is 11.6 Å². The van der Waals surface area contributed by atoms with E-state index in [0.717, 1.165) is 5.56 Å². The lowest BCUT2D eigenvalue weighted by Gasteiger charge is -2.19. The van der Waals surface area contributed by atoms with E-state index in [-0.39, 0.29) is 53.1 Å². The van der Waals surface area contributed by atoms with Crippen LogP contribution < -0.4 is 21.9 Å². The number of carbonyl (C=O) groups is 1. The van der Waals surface area contributed by atoms with Crippen molar-refractivity contribution in [3.05, 3.63) is 87.9 Å². The van der Waals surface area contributed by atoms with Crippen LogP contribution in [0.5, 0.6) is 5.75 Å². The standard InChI is InChI=1S/C24H22ClF2NO3.C6H13N.CH5N/c1-30-9-10-31-21-8-7-16(14-29)22(24(21)27)18-11-17(12-20(26)23(18)25)19(13-28)15-5-3-2-4-6-15;7-6-4-2-1-3-5-6;1-2/h2-8,11-12,14,19H,9-10,13,28H2,1H3;6H,1-5,7H2;2H2,1H3. The highest BCUT2D eigenvalue weighted by Crippen LogP contribution is 2.40. The Labute approximate surface area is 240 Å². The quantitative estimate of drug-likeness (QED) is 0.211. The number of hydrogen-bond acceptors (Lipinski definition) is 6. The van der Waals surface area contributed by atoms with Gasteiger partial charge >= 0.3 is 0 Å². The average molecular weight is 576 g/mol. The first-order valence-corrected chi connectivity index (χ1v) is 13.8. The monoisotopic (exact) mass is 575 g/mol. The van der Waals surface area contributed by atoms with Gasteiger partial charge in [-0.15, -0.1) is 0 Å². The van der Waals surface area contributed by atoms with Crippen molar-refractivity contribution >= 4 is 17.9 Å². The van der Waals surface area contributed by atoms with Gasteiger partial charge in [-0.1, -0.05) is 61.2 Å². The maximum absolute atomic E-state index is 15.4. The molecule has 9 heteroatoms. The first kappa shape index (κ1) is 33.3. The van der Waals surface area contributed by atoms with Gasteiger partial charge in [0.2, 0.25) is 0 Å². The molecule has 0 heterocycles. The van der Waals surface area contributed by atoms with Crippen LogP contribution in [0.4, 0.5) is 8.78 Å². The summed E-state index contributed by atoms with van der Waals surface area (Å²) in [4.78, 5) is 11.6. The van der Waals surface area contributed by atoms with Gasteiger partial charge in [-0.25, -0.2) is 8.78 Å². The van der Waals surface area contributed by atoms with Crippen molar-refractivity contribution in [2.24, 2.45) is 17.2 Å². The van der Waals surface area contributed by atoms with Gasteiger partial charge in [-0.3, -0.25) is 4.79 Å². The van der Waals surface area contributed by atoms with E-state index in [1.54, 1.807) is 6.07 Å². The van der Waals surface area contributed by atoms with Gasteiger partial charge in [0.15, 0.2) is 17.9 Å². The third-order valence-electron chi connectivity index (χ3n) is 6.62. The van der Waals surface area contributed by atoms with E-state index < -0.39 is 11.6 Å². The fraction of sp³-hybridized carbons (Fsp3) is 0.387. The first-order chi connectivity index (χ1) is 19.4. The fourth-order valence-electron chi connectivity index (χ4n) is 4.57. The Hall–Kier alpha value is -2.88. The number of nitrogens with two attached hydrogens (primary N) is 3. The Morgan fingerprint density at radius 2 is 1.68 bits per heavy atom. The molecule has 3 aromatic rings. The van der Waals surface area contributed by atoms with Crippen molar-refractivity contribution in [2.75, 3.05) is 33.9 Å². The highest BCUT2D eigenvalue weighted by molar-refractivity contribution is 6.33. The van der Waals surface area contributed by atoms with Crippen LogP contribution in [-0.4, -0.2) is 46.2 Å². The van der Waals surface area contributed by atoms with Gasteiger partial charge in [0.1, 0.15) is 12.4 Å². The molecule has 218 valence electrons. The molecule has 0 bridgehead atoms. The molecule has 4 rings (SSSR count). The second-order valence-corrected chi connectivity index (χ2v) is 9.64. The highest BCUT2D eigenvalue weighted by atomic mass is 35.5. The number of halogens is 3. The van der Waals surface area contributed by atoms with Crippen LogP contribution in [0.1, 0.15) is 59.5 Å². The normalized spacial score (nSPS) is 13.8. The summed E-state index contributed by atoms with van der Waals surface area (Å²) in [5, 5.41) is -0.288. The number of benzene rings is 3. The van der Waals surface area contributed by atoms with Crippen molar-refractivity contribution in [3.63, 3.8) is 0 Å². The molecule has 40 heavy (non-hydrogen) atoms. The summed E-state index contributed by atoms with van der Waals surface area (Å²) >= 11 is 6.22. The van der Waals surface area contributed by atoms with E-state index in [2.05, 4.69) is 5.73 Å². The molecular weight excluding hydrogens is 536 g/mol. The summed E-state index contributed by atoms with van der Waals surface area (Å²) in [5.74, 6) is -1.96. The lowest BCUT2D eigenvalue weighted by Crippen LogP contribution is -2.22. The third kappa shape index (κ3) is 9.08. The van der Waals surface area contributed by atoms with Crippen molar-refractivity contribution in [1.82, 2.24) is 0 Å². The second kappa shape index (κ2) is 17.7.